The second kappa shape index (κ2) is 5.51. The van der Waals surface area contributed by atoms with E-state index in [0.717, 1.165) is 37.4 Å². The van der Waals surface area contributed by atoms with Gasteiger partial charge in [-0.25, -0.2) is 4.98 Å². The van der Waals surface area contributed by atoms with Crippen LogP contribution in [0.15, 0.2) is 18.2 Å². The summed E-state index contributed by atoms with van der Waals surface area (Å²) in [6, 6.07) is 6.02. The van der Waals surface area contributed by atoms with E-state index in [1.165, 1.54) is 0 Å². The molecule has 0 aromatic carbocycles. The van der Waals surface area contributed by atoms with Crippen LogP contribution in [0.4, 0.5) is 5.82 Å². The first kappa shape index (κ1) is 11.7. The van der Waals surface area contributed by atoms with Crippen LogP contribution in [0.25, 0.3) is 0 Å². The lowest BCUT2D eigenvalue weighted by Gasteiger charge is -2.32. The number of halogens is 1. The number of nitrogens with zero attached hydrogens (tertiary/aromatic N) is 2. The molecular formula is C12H17ClN2O. The molecule has 0 saturated carbocycles. The predicted octanol–water partition coefficient (Wildman–Crippen LogP) is 2.44. The number of pyridine rings is 1. The third-order valence-corrected chi connectivity index (χ3v) is 3.30. The van der Waals surface area contributed by atoms with Crippen molar-refractivity contribution in [3.63, 3.8) is 0 Å². The van der Waals surface area contributed by atoms with Gasteiger partial charge in [0.15, 0.2) is 0 Å². The molecule has 16 heavy (non-hydrogen) atoms. The van der Waals surface area contributed by atoms with E-state index in [1.54, 1.807) is 7.11 Å². The van der Waals surface area contributed by atoms with E-state index >= 15 is 0 Å². The maximum absolute atomic E-state index is 5.78. The minimum atomic E-state index is 0.410. The normalized spacial score (nSPS) is 17.8. The van der Waals surface area contributed by atoms with Crippen molar-refractivity contribution in [3.05, 3.63) is 23.9 Å². The van der Waals surface area contributed by atoms with E-state index in [9.17, 15) is 0 Å². The van der Waals surface area contributed by atoms with Gasteiger partial charge in [0.1, 0.15) is 5.82 Å². The highest BCUT2D eigenvalue weighted by molar-refractivity contribution is 6.16. The van der Waals surface area contributed by atoms with E-state index in [-0.39, 0.29) is 0 Å². The lowest BCUT2D eigenvalue weighted by atomic mass is 10.1. The van der Waals surface area contributed by atoms with Crippen molar-refractivity contribution in [2.75, 3.05) is 25.1 Å². The molecule has 4 heteroatoms. The Kier molecular flexibility index (Phi) is 4.02. The Labute approximate surface area is 101 Å². The van der Waals surface area contributed by atoms with Gasteiger partial charge >= 0.3 is 0 Å². The maximum atomic E-state index is 5.78. The average Bonchev–Trinajstić information content (AvgIpc) is 2.39. The third kappa shape index (κ3) is 2.66. The Morgan fingerprint density at radius 1 is 1.44 bits per heavy atom. The topological polar surface area (TPSA) is 25.4 Å². The van der Waals surface area contributed by atoms with Crippen molar-refractivity contribution in [1.29, 1.82) is 0 Å². The van der Waals surface area contributed by atoms with Gasteiger partial charge in [0.05, 0.1) is 17.7 Å². The van der Waals surface area contributed by atoms with Crippen LogP contribution >= 0.6 is 11.6 Å². The molecule has 1 aromatic heterocycles. The van der Waals surface area contributed by atoms with Crippen LogP contribution in [-0.4, -0.2) is 31.3 Å². The fraction of sp³-hybridized carbons (Fsp3) is 0.583. The number of rotatable bonds is 3. The van der Waals surface area contributed by atoms with Crippen LogP contribution in [0.3, 0.4) is 0 Å². The molecule has 0 amide bonds. The maximum Gasteiger partial charge on any atom is 0.128 e. The lowest BCUT2D eigenvalue weighted by molar-refractivity contribution is 0.0818. The van der Waals surface area contributed by atoms with E-state index in [0.29, 0.717) is 12.0 Å². The molecule has 2 rings (SSSR count). The van der Waals surface area contributed by atoms with Crippen molar-refractivity contribution in [1.82, 2.24) is 4.98 Å². The van der Waals surface area contributed by atoms with Gasteiger partial charge in [-0.15, -0.1) is 11.6 Å². The van der Waals surface area contributed by atoms with Crippen LogP contribution in [-0.2, 0) is 10.6 Å². The van der Waals surface area contributed by atoms with Crippen molar-refractivity contribution in [3.8, 4) is 0 Å². The van der Waals surface area contributed by atoms with Gasteiger partial charge in [0.25, 0.3) is 0 Å². The van der Waals surface area contributed by atoms with E-state index < -0.39 is 0 Å². The molecule has 3 nitrogen and oxygen atoms in total. The second-order valence-corrected chi connectivity index (χ2v) is 4.31. The highest BCUT2D eigenvalue weighted by Gasteiger charge is 2.19. The molecule has 0 aliphatic carbocycles. The zero-order valence-electron chi connectivity index (χ0n) is 9.53. The molecule has 2 heterocycles. The quantitative estimate of drug-likeness (QED) is 0.759. The molecule has 0 bridgehead atoms. The third-order valence-electron chi connectivity index (χ3n) is 3.03. The first-order valence-corrected chi connectivity index (χ1v) is 6.16. The van der Waals surface area contributed by atoms with Crippen LogP contribution in [0.5, 0.6) is 0 Å². The van der Waals surface area contributed by atoms with Crippen molar-refractivity contribution in [2.45, 2.75) is 24.8 Å². The van der Waals surface area contributed by atoms with E-state index in [2.05, 4.69) is 9.88 Å². The first-order chi connectivity index (χ1) is 7.83. The summed E-state index contributed by atoms with van der Waals surface area (Å²) in [5.74, 6) is 1.51. The molecule has 1 aliphatic heterocycles. The fourth-order valence-electron chi connectivity index (χ4n) is 2.04. The number of aromatic nitrogens is 1. The zero-order valence-corrected chi connectivity index (χ0v) is 10.3. The van der Waals surface area contributed by atoms with Gasteiger partial charge in [-0.2, -0.15) is 0 Å². The Morgan fingerprint density at radius 2 is 2.19 bits per heavy atom. The largest absolute Gasteiger partial charge is 0.381 e. The Balaban J connectivity index is 2.02. The average molecular weight is 241 g/mol. The number of piperidine rings is 1. The summed E-state index contributed by atoms with van der Waals surface area (Å²) in [5, 5.41) is 0. The highest BCUT2D eigenvalue weighted by Crippen LogP contribution is 2.19. The number of anilines is 1. The molecule has 1 fully saturated rings. The standard InChI is InChI=1S/C12H17ClN2O/c1-16-11-5-7-15(8-6-11)12-4-2-3-10(9-13)14-12/h2-4,11H,5-9H2,1H3. The van der Waals surface area contributed by atoms with E-state index in [4.69, 9.17) is 16.3 Å². The number of alkyl halides is 1. The highest BCUT2D eigenvalue weighted by atomic mass is 35.5. The van der Waals surface area contributed by atoms with Crippen LogP contribution < -0.4 is 4.90 Å². The summed E-state index contributed by atoms with van der Waals surface area (Å²) in [6.45, 7) is 2.02. The summed E-state index contributed by atoms with van der Waals surface area (Å²) in [7, 11) is 1.78. The number of methoxy groups -OCH3 is 1. The molecule has 1 aliphatic rings. The summed E-state index contributed by atoms with van der Waals surface area (Å²) >= 11 is 5.78. The van der Waals surface area contributed by atoms with Gasteiger partial charge in [-0.05, 0) is 25.0 Å². The number of hydrogen-bond donors (Lipinski definition) is 0. The van der Waals surface area contributed by atoms with E-state index in [1.807, 2.05) is 18.2 Å². The molecule has 0 unspecified atom stereocenters. The molecule has 1 aromatic rings. The number of hydrogen-bond acceptors (Lipinski definition) is 3. The fourth-order valence-corrected chi connectivity index (χ4v) is 2.19. The molecule has 88 valence electrons. The van der Waals surface area contributed by atoms with Crippen LogP contribution in [0.1, 0.15) is 18.5 Å². The van der Waals surface area contributed by atoms with Gasteiger partial charge in [-0.3, -0.25) is 0 Å². The molecule has 1 saturated heterocycles. The zero-order chi connectivity index (χ0) is 11.4. The molecule has 0 radical (unpaired) electrons. The Morgan fingerprint density at radius 3 is 2.81 bits per heavy atom. The van der Waals surface area contributed by atoms with Gasteiger partial charge in [-0.1, -0.05) is 6.07 Å². The van der Waals surface area contributed by atoms with Gasteiger partial charge in [0.2, 0.25) is 0 Å². The molecule has 0 spiro atoms. The Bertz CT molecular complexity index is 338. The SMILES string of the molecule is COC1CCN(c2cccc(CCl)n2)CC1. The lowest BCUT2D eigenvalue weighted by Crippen LogP contribution is -2.37. The summed E-state index contributed by atoms with van der Waals surface area (Å²) in [6.07, 6.45) is 2.56. The minimum Gasteiger partial charge on any atom is -0.381 e. The summed E-state index contributed by atoms with van der Waals surface area (Å²) in [5.41, 5.74) is 0.938. The van der Waals surface area contributed by atoms with Crippen molar-refractivity contribution < 1.29 is 4.74 Å². The monoisotopic (exact) mass is 240 g/mol. The van der Waals surface area contributed by atoms with Gasteiger partial charge in [0, 0.05) is 20.2 Å². The summed E-state index contributed by atoms with van der Waals surface area (Å²) in [4.78, 5) is 6.82. The second-order valence-electron chi connectivity index (χ2n) is 4.04. The Hall–Kier alpha value is -0.800. The van der Waals surface area contributed by atoms with Crippen LogP contribution in [0.2, 0.25) is 0 Å². The molecular weight excluding hydrogens is 224 g/mol. The predicted molar refractivity (Wildman–Crippen MR) is 66.0 cm³/mol. The van der Waals surface area contributed by atoms with Crippen molar-refractivity contribution >= 4 is 17.4 Å². The van der Waals surface area contributed by atoms with Crippen LogP contribution in [0, 0.1) is 0 Å². The first-order valence-electron chi connectivity index (χ1n) is 5.63. The minimum absolute atomic E-state index is 0.410. The molecule has 0 N–H and O–H groups in total. The smallest absolute Gasteiger partial charge is 0.128 e. The summed E-state index contributed by atoms with van der Waals surface area (Å²) < 4.78 is 5.35. The van der Waals surface area contributed by atoms with Crippen molar-refractivity contribution in [2.24, 2.45) is 0 Å². The van der Waals surface area contributed by atoms with Gasteiger partial charge < -0.3 is 9.64 Å². The molecule has 0 atom stereocenters. The number of ether oxygens (including phenoxy) is 1.